The molecule has 1 saturated carbocycles. The first-order valence-electron chi connectivity index (χ1n) is 6.72. The molecule has 1 nitrogen and oxygen atoms in total. The van der Waals surface area contributed by atoms with Crippen LogP contribution in [0, 0.1) is 11.3 Å². The molecule has 0 bridgehead atoms. The van der Waals surface area contributed by atoms with E-state index < -0.39 is 11.7 Å². The van der Waals surface area contributed by atoms with Crippen molar-refractivity contribution in [3.63, 3.8) is 0 Å². The van der Waals surface area contributed by atoms with Crippen LogP contribution in [0.4, 0.5) is 18.9 Å². The van der Waals surface area contributed by atoms with Gasteiger partial charge in [-0.05, 0) is 42.4 Å². The van der Waals surface area contributed by atoms with Gasteiger partial charge in [-0.15, -0.1) is 0 Å². The highest BCUT2D eigenvalue weighted by Crippen LogP contribution is 2.43. The summed E-state index contributed by atoms with van der Waals surface area (Å²) in [5.74, 6) is 0.475. The molecule has 1 aromatic rings. The van der Waals surface area contributed by atoms with E-state index in [2.05, 4.69) is 26.1 Å². The Morgan fingerprint density at radius 2 is 1.90 bits per heavy atom. The van der Waals surface area contributed by atoms with Crippen LogP contribution in [0.25, 0.3) is 0 Å². The van der Waals surface area contributed by atoms with Crippen LogP contribution in [0.3, 0.4) is 0 Å². The van der Waals surface area contributed by atoms with Gasteiger partial charge in [0.1, 0.15) is 0 Å². The Labute approximate surface area is 122 Å². The van der Waals surface area contributed by atoms with E-state index in [0.29, 0.717) is 11.6 Å². The number of halogens is 4. The molecule has 0 radical (unpaired) electrons. The van der Waals surface area contributed by atoms with Crippen molar-refractivity contribution in [1.29, 1.82) is 0 Å². The summed E-state index contributed by atoms with van der Waals surface area (Å²) in [6.07, 6.45) is -2.26. The summed E-state index contributed by atoms with van der Waals surface area (Å²) in [5, 5.41) is 3.42. The maximum absolute atomic E-state index is 12.6. The third-order valence-corrected chi connectivity index (χ3v) is 4.28. The molecule has 0 saturated heterocycles. The van der Waals surface area contributed by atoms with Gasteiger partial charge in [-0.1, -0.05) is 32.4 Å². The van der Waals surface area contributed by atoms with Gasteiger partial charge in [-0.2, -0.15) is 13.2 Å². The lowest BCUT2D eigenvalue weighted by Crippen LogP contribution is -2.22. The third-order valence-electron chi connectivity index (χ3n) is 3.97. The van der Waals surface area contributed by atoms with E-state index in [0.717, 1.165) is 25.0 Å². The summed E-state index contributed by atoms with van der Waals surface area (Å²) in [6.45, 7) is 6.57. The minimum Gasteiger partial charge on any atom is -0.381 e. The fourth-order valence-corrected chi connectivity index (χ4v) is 3.33. The Kier molecular flexibility index (Phi) is 3.98. The van der Waals surface area contributed by atoms with Crippen LogP contribution in [0.15, 0.2) is 18.2 Å². The SMILES string of the molecule is CC1CC(C)(C)CC1Nc1ccc(C(F)(F)F)cc1Cl. The molecule has 1 aromatic carbocycles. The van der Waals surface area contributed by atoms with Gasteiger partial charge in [0.05, 0.1) is 16.3 Å². The quantitative estimate of drug-likeness (QED) is 0.750. The maximum atomic E-state index is 12.6. The number of rotatable bonds is 2. The van der Waals surface area contributed by atoms with Crippen LogP contribution in [0.5, 0.6) is 0 Å². The number of anilines is 1. The fraction of sp³-hybridized carbons (Fsp3) is 0.600. The zero-order chi connectivity index (χ0) is 15.1. The molecule has 20 heavy (non-hydrogen) atoms. The van der Waals surface area contributed by atoms with Crippen LogP contribution < -0.4 is 5.32 Å². The number of nitrogens with one attached hydrogen (secondary N) is 1. The van der Waals surface area contributed by atoms with E-state index in [1.807, 2.05) is 0 Å². The highest BCUT2D eigenvalue weighted by atomic mass is 35.5. The van der Waals surface area contributed by atoms with E-state index in [1.54, 1.807) is 0 Å². The van der Waals surface area contributed by atoms with Crippen LogP contribution in [-0.2, 0) is 6.18 Å². The van der Waals surface area contributed by atoms with Gasteiger partial charge in [-0.3, -0.25) is 0 Å². The largest absolute Gasteiger partial charge is 0.416 e. The second kappa shape index (κ2) is 5.14. The van der Waals surface area contributed by atoms with E-state index in [4.69, 9.17) is 11.6 Å². The average molecular weight is 306 g/mol. The number of alkyl halides is 3. The minimum absolute atomic E-state index is 0.122. The zero-order valence-corrected chi connectivity index (χ0v) is 12.6. The molecule has 1 aliphatic carbocycles. The first kappa shape index (κ1) is 15.5. The second-order valence-electron chi connectivity index (χ2n) is 6.49. The summed E-state index contributed by atoms with van der Waals surface area (Å²) < 4.78 is 37.8. The molecule has 0 aliphatic heterocycles. The first-order valence-corrected chi connectivity index (χ1v) is 7.09. The number of hydrogen-bond acceptors (Lipinski definition) is 1. The lowest BCUT2D eigenvalue weighted by Gasteiger charge is -2.21. The molecular weight excluding hydrogens is 287 g/mol. The average Bonchev–Trinajstić information content (AvgIpc) is 2.53. The molecule has 1 aliphatic rings. The molecule has 0 heterocycles. The lowest BCUT2D eigenvalue weighted by molar-refractivity contribution is -0.137. The fourth-order valence-electron chi connectivity index (χ4n) is 3.10. The molecule has 1 N–H and O–H groups in total. The van der Waals surface area contributed by atoms with Crippen molar-refractivity contribution in [2.45, 2.75) is 45.8 Å². The number of hydrogen-bond donors (Lipinski definition) is 1. The van der Waals surface area contributed by atoms with Crippen molar-refractivity contribution in [2.24, 2.45) is 11.3 Å². The molecule has 0 amide bonds. The summed E-state index contributed by atoms with van der Waals surface area (Å²) in [7, 11) is 0. The van der Waals surface area contributed by atoms with Gasteiger partial charge in [0.15, 0.2) is 0 Å². The predicted molar refractivity (Wildman–Crippen MR) is 76.0 cm³/mol. The molecular formula is C15H19ClF3N. The normalized spacial score (nSPS) is 25.8. The first-order chi connectivity index (χ1) is 9.08. The van der Waals surface area contributed by atoms with Crippen molar-refractivity contribution in [3.8, 4) is 0 Å². The summed E-state index contributed by atoms with van der Waals surface area (Å²) in [4.78, 5) is 0. The highest BCUT2D eigenvalue weighted by molar-refractivity contribution is 6.33. The molecule has 2 atom stereocenters. The minimum atomic E-state index is -4.36. The smallest absolute Gasteiger partial charge is 0.381 e. The summed E-state index contributed by atoms with van der Waals surface area (Å²) >= 11 is 5.97. The molecule has 2 rings (SSSR count). The Bertz CT molecular complexity index is 496. The Morgan fingerprint density at radius 3 is 2.35 bits per heavy atom. The molecule has 2 unspecified atom stereocenters. The van der Waals surface area contributed by atoms with Crippen molar-refractivity contribution in [3.05, 3.63) is 28.8 Å². The van der Waals surface area contributed by atoms with Crippen LogP contribution in [0.1, 0.15) is 39.2 Å². The van der Waals surface area contributed by atoms with Crippen molar-refractivity contribution < 1.29 is 13.2 Å². The highest BCUT2D eigenvalue weighted by Gasteiger charge is 2.37. The molecule has 1 fully saturated rings. The van der Waals surface area contributed by atoms with Crippen LogP contribution >= 0.6 is 11.6 Å². The predicted octanol–water partition coefficient (Wildman–Crippen LogP) is 5.60. The van der Waals surface area contributed by atoms with Gasteiger partial charge in [0.25, 0.3) is 0 Å². The molecule has 112 valence electrons. The Morgan fingerprint density at radius 1 is 1.25 bits per heavy atom. The second-order valence-corrected chi connectivity index (χ2v) is 6.90. The zero-order valence-electron chi connectivity index (χ0n) is 11.8. The number of benzene rings is 1. The van der Waals surface area contributed by atoms with Crippen LogP contribution in [-0.4, -0.2) is 6.04 Å². The Hall–Kier alpha value is -0.900. The topological polar surface area (TPSA) is 12.0 Å². The third kappa shape index (κ3) is 3.40. The lowest BCUT2D eigenvalue weighted by atomic mass is 9.91. The van der Waals surface area contributed by atoms with E-state index in [-0.39, 0.29) is 16.5 Å². The van der Waals surface area contributed by atoms with E-state index >= 15 is 0 Å². The van der Waals surface area contributed by atoms with Gasteiger partial charge < -0.3 is 5.32 Å². The van der Waals surface area contributed by atoms with Crippen molar-refractivity contribution in [1.82, 2.24) is 0 Å². The van der Waals surface area contributed by atoms with Crippen LogP contribution in [0.2, 0.25) is 5.02 Å². The standard InChI is InChI=1S/C15H19ClF3N/c1-9-7-14(2,3)8-13(9)20-12-5-4-10(6-11(12)16)15(17,18)19/h4-6,9,13,20H,7-8H2,1-3H3. The van der Waals surface area contributed by atoms with Crippen molar-refractivity contribution >= 4 is 17.3 Å². The van der Waals surface area contributed by atoms with Gasteiger partial charge >= 0.3 is 6.18 Å². The maximum Gasteiger partial charge on any atom is 0.416 e. The summed E-state index contributed by atoms with van der Waals surface area (Å²) in [6, 6.07) is 3.72. The van der Waals surface area contributed by atoms with Gasteiger partial charge in [0, 0.05) is 6.04 Å². The van der Waals surface area contributed by atoms with E-state index in [1.165, 1.54) is 6.07 Å². The van der Waals surface area contributed by atoms with Crippen molar-refractivity contribution in [2.75, 3.05) is 5.32 Å². The summed E-state index contributed by atoms with van der Waals surface area (Å²) in [5.41, 5.74) is 0.122. The monoisotopic (exact) mass is 305 g/mol. The van der Waals surface area contributed by atoms with Gasteiger partial charge in [0.2, 0.25) is 0 Å². The Balaban J connectivity index is 2.15. The molecule has 0 aromatic heterocycles. The molecule has 0 spiro atoms. The molecule has 5 heteroatoms. The van der Waals surface area contributed by atoms with E-state index in [9.17, 15) is 13.2 Å². The van der Waals surface area contributed by atoms with Gasteiger partial charge in [-0.25, -0.2) is 0 Å².